The van der Waals surface area contributed by atoms with E-state index in [0.29, 0.717) is 6.07 Å². The highest BCUT2D eigenvalue weighted by atomic mass is 35.5. The Hall–Kier alpha value is -2.25. The fraction of sp³-hybridized carbons (Fsp3) is 0.0909. The number of nitrogens with one attached hydrogen (secondary N) is 2. The van der Waals surface area contributed by atoms with Gasteiger partial charge in [0.05, 0.1) is 15.5 Å². The lowest BCUT2D eigenvalue weighted by molar-refractivity contribution is -0.141. The number of nitrogens with zero attached hydrogens (tertiary/aromatic N) is 2. The van der Waals surface area contributed by atoms with Crippen molar-refractivity contribution in [1.82, 2.24) is 10.2 Å². The second-order valence-electron chi connectivity index (χ2n) is 4.02. The second-order valence-corrected chi connectivity index (χ2v) is 6.11. The van der Waals surface area contributed by atoms with Crippen LogP contribution < -0.4 is 4.72 Å². The lowest BCUT2D eigenvalue weighted by Gasteiger charge is -2.06. The van der Waals surface area contributed by atoms with E-state index in [0.717, 1.165) is 12.1 Å². The molecule has 11 heteroatoms. The maximum atomic E-state index is 12.4. The molecule has 1 aromatic carbocycles. The topological polar surface area (TPSA) is 98.6 Å². The van der Waals surface area contributed by atoms with E-state index in [-0.39, 0.29) is 15.5 Å². The molecule has 0 saturated heterocycles. The Balaban J connectivity index is 2.30. The van der Waals surface area contributed by atoms with E-state index in [9.17, 15) is 21.6 Å². The molecule has 116 valence electrons. The van der Waals surface area contributed by atoms with Crippen LogP contribution in [-0.4, -0.2) is 18.6 Å². The molecular formula is C11H6ClF3N4O2S. The maximum absolute atomic E-state index is 12.4. The first-order chi connectivity index (χ1) is 10.1. The van der Waals surface area contributed by atoms with Gasteiger partial charge < -0.3 is 0 Å². The van der Waals surface area contributed by atoms with Gasteiger partial charge in [-0.25, -0.2) is 8.42 Å². The van der Waals surface area contributed by atoms with Gasteiger partial charge in [-0.05, 0) is 18.2 Å². The number of benzene rings is 1. The predicted molar refractivity (Wildman–Crippen MR) is 70.6 cm³/mol. The normalized spacial score (nSPS) is 12.0. The number of halogens is 4. The SMILES string of the molecule is N#Cc1ccc(S(=O)(=O)Nc2cc(C(F)(F)F)[nH]n2)cc1Cl. The Labute approximate surface area is 127 Å². The lowest BCUT2D eigenvalue weighted by atomic mass is 10.2. The molecule has 1 aromatic heterocycles. The summed E-state index contributed by atoms with van der Waals surface area (Å²) in [5.74, 6) is -0.521. The summed E-state index contributed by atoms with van der Waals surface area (Å²) in [7, 11) is -4.19. The van der Waals surface area contributed by atoms with Crippen LogP contribution in [0.3, 0.4) is 0 Å². The van der Waals surface area contributed by atoms with Gasteiger partial charge >= 0.3 is 6.18 Å². The van der Waals surface area contributed by atoms with Crippen LogP contribution in [0, 0.1) is 11.3 Å². The Morgan fingerprint density at radius 2 is 2.00 bits per heavy atom. The van der Waals surface area contributed by atoms with Crippen molar-refractivity contribution in [3.8, 4) is 6.07 Å². The Kier molecular flexibility index (Phi) is 4.04. The third kappa shape index (κ3) is 3.32. The zero-order chi connectivity index (χ0) is 16.5. The summed E-state index contributed by atoms with van der Waals surface area (Å²) in [6, 6.07) is 5.57. The van der Waals surface area contributed by atoms with Gasteiger partial charge in [0.1, 0.15) is 11.8 Å². The number of nitriles is 1. The minimum absolute atomic E-state index is 0.0692. The molecule has 2 rings (SSSR count). The van der Waals surface area contributed by atoms with Crippen molar-refractivity contribution in [2.45, 2.75) is 11.1 Å². The number of hydrogen-bond acceptors (Lipinski definition) is 4. The molecule has 0 aliphatic carbocycles. The molecule has 0 saturated carbocycles. The van der Waals surface area contributed by atoms with Crippen molar-refractivity contribution in [3.05, 3.63) is 40.5 Å². The minimum Gasteiger partial charge on any atom is -0.271 e. The van der Waals surface area contributed by atoms with E-state index < -0.39 is 27.7 Å². The predicted octanol–water partition coefficient (Wildman–Crippen LogP) is 2.75. The zero-order valence-electron chi connectivity index (χ0n) is 10.4. The fourth-order valence-electron chi connectivity index (χ4n) is 1.47. The monoisotopic (exact) mass is 350 g/mol. The van der Waals surface area contributed by atoms with Crippen LogP contribution in [0.15, 0.2) is 29.2 Å². The molecule has 6 nitrogen and oxygen atoms in total. The highest BCUT2D eigenvalue weighted by Gasteiger charge is 2.33. The van der Waals surface area contributed by atoms with Gasteiger partial charge in [-0.1, -0.05) is 11.6 Å². The molecule has 0 atom stereocenters. The van der Waals surface area contributed by atoms with Gasteiger partial charge in [-0.2, -0.15) is 23.5 Å². The number of rotatable bonds is 3. The number of aromatic amines is 1. The van der Waals surface area contributed by atoms with Crippen LogP contribution in [-0.2, 0) is 16.2 Å². The molecule has 0 unspecified atom stereocenters. The van der Waals surface area contributed by atoms with Crippen LogP contribution in [0.25, 0.3) is 0 Å². The number of aromatic nitrogens is 2. The Morgan fingerprint density at radius 1 is 1.32 bits per heavy atom. The maximum Gasteiger partial charge on any atom is 0.432 e. The molecule has 0 spiro atoms. The molecule has 1 heterocycles. The number of H-pyrrole nitrogens is 1. The van der Waals surface area contributed by atoms with Crippen LogP contribution >= 0.6 is 11.6 Å². The van der Waals surface area contributed by atoms with Crippen molar-refractivity contribution >= 4 is 27.4 Å². The van der Waals surface area contributed by atoms with Crippen molar-refractivity contribution in [2.24, 2.45) is 0 Å². The molecule has 0 aliphatic heterocycles. The molecule has 0 amide bonds. The zero-order valence-corrected chi connectivity index (χ0v) is 12.0. The first-order valence-electron chi connectivity index (χ1n) is 5.48. The summed E-state index contributed by atoms with van der Waals surface area (Å²) in [6.07, 6.45) is -4.67. The van der Waals surface area contributed by atoms with Crippen LogP contribution in [0.5, 0.6) is 0 Å². The smallest absolute Gasteiger partial charge is 0.271 e. The fourth-order valence-corrected chi connectivity index (χ4v) is 2.77. The summed E-state index contributed by atoms with van der Waals surface area (Å²) in [5, 5.41) is 13.5. The summed E-state index contributed by atoms with van der Waals surface area (Å²) in [4.78, 5) is -0.312. The molecule has 0 bridgehead atoms. The molecule has 0 aliphatic rings. The molecule has 2 N–H and O–H groups in total. The number of alkyl halides is 3. The number of anilines is 1. The van der Waals surface area contributed by atoms with Gasteiger partial charge in [0, 0.05) is 6.07 Å². The number of hydrogen-bond donors (Lipinski definition) is 2. The quantitative estimate of drug-likeness (QED) is 0.889. The van der Waals surface area contributed by atoms with E-state index in [1.165, 1.54) is 6.07 Å². The van der Waals surface area contributed by atoms with Gasteiger partial charge in [0.2, 0.25) is 0 Å². The summed E-state index contributed by atoms with van der Waals surface area (Å²) < 4.78 is 63.1. The number of sulfonamides is 1. The van der Waals surface area contributed by atoms with Crippen molar-refractivity contribution < 1.29 is 21.6 Å². The van der Waals surface area contributed by atoms with Crippen molar-refractivity contribution in [1.29, 1.82) is 5.26 Å². The van der Waals surface area contributed by atoms with E-state index >= 15 is 0 Å². The van der Waals surface area contributed by atoms with Gasteiger partial charge in [-0.15, -0.1) is 0 Å². The van der Waals surface area contributed by atoms with Gasteiger partial charge in [0.15, 0.2) is 5.82 Å². The molecular weight excluding hydrogens is 345 g/mol. The minimum atomic E-state index is -4.67. The first-order valence-corrected chi connectivity index (χ1v) is 7.34. The molecule has 0 fully saturated rings. The molecule has 22 heavy (non-hydrogen) atoms. The second kappa shape index (κ2) is 5.51. The van der Waals surface area contributed by atoms with Crippen LogP contribution in [0.1, 0.15) is 11.3 Å². The van der Waals surface area contributed by atoms with E-state index in [4.69, 9.17) is 16.9 Å². The van der Waals surface area contributed by atoms with Crippen LogP contribution in [0.4, 0.5) is 19.0 Å². The third-order valence-electron chi connectivity index (χ3n) is 2.49. The summed E-state index contributed by atoms with van der Waals surface area (Å²) >= 11 is 5.72. The average Bonchev–Trinajstić information content (AvgIpc) is 2.86. The Morgan fingerprint density at radius 3 is 2.50 bits per heavy atom. The van der Waals surface area contributed by atoms with E-state index in [2.05, 4.69) is 5.10 Å². The van der Waals surface area contributed by atoms with Gasteiger partial charge in [-0.3, -0.25) is 9.82 Å². The van der Waals surface area contributed by atoms with Crippen molar-refractivity contribution in [3.63, 3.8) is 0 Å². The van der Waals surface area contributed by atoms with Crippen molar-refractivity contribution in [2.75, 3.05) is 4.72 Å². The van der Waals surface area contributed by atoms with E-state index in [1.54, 1.807) is 11.2 Å². The lowest BCUT2D eigenvalue weighted by Crippen LogP contribution is -2.13. The van der Waals surface area contributed by atoms with Crippen LogP contribution in [0.2, 0.25) is 5.02 Å². The molecule has 0 radical (unpaired) electrons. The molecule has 2 aromatic rings. The highest BCUT2D eigenvalue weighted by molar-refractivity contribution is 7.92. The summed E-state index contributed by atoms with van der Waals surface area (Å²) in [5.41, 5.74) is -1.12. The highest BCUT2D eigenvalue weighted by Crippen LogP contribution is 2.29. The third-order valence-corrected chi connectivity index (χ3v) is 4.16. The van der Waals surface area contributed by atoms with Gasteiger partial charge in [0.25, 0.3) is 10.0 Å². The Bertz CT molecular complexity index is 855. The summed E-state index contributed by atoms with van der Waals surface area (Å²) in [6.45, 7) is 0. The standard InChI is InChI=1S/C11H6ClF3N4O2S/c12-8-3-7(2-1-6(8)5-16)22(20,21)19-10-4-9(17-18-10)11(13,14)15/h1-4H,(H2,17,18,19). The first kappa shape index (κ1) is 16.1. The average molecular weight is 351 g/mol. The van der Waals surface area contributed by atoms with E-state index in [1.807, 2.05) is 4.72 Å². The largest absolute Gasteiger partial charge is 0.432 e.